The molecule has 6 heteroatoms. The molecule has 1 atom stereocenters. The Morgan fingerprint density at radius 2 is 1.94 bits per heavy atom. The first-order chi connectivity index (χ1) is 7.58. The molecule has 0 fully saturated rings. The van der Waals surface area contributed by atoms with E-state index in [4.69, 9.17) is 5.73 Å². The van der Waals surface area contributed by atoms with Crippen molar-refractivity contribution in [1.82, 2.24) is 15.2 Å². The Morgan fingerprint density at radius 1 is 1.31 bits per heavy atom. The maximum Gasteiger partial charge on any atom is 0.249 e. The molecule has 0 saturated carbocycles. The molecule has 0 bridgehead atoms. The second-order valence-electron chi connectivity index (χ2n) is 3.51. The lowest BCUT2D eigenvalue weighted by atomic mass is 10.2. The maximum absolute atomic E-state index is 11.3. The number of nitrogens with zero attached hydrogens (tertiary/aromatic N) is 3. The quantitative estimate of drug-likeness (QED) is 0.764. The van der Waals surface area contributed by atoms with Crippen LogP contribution in [0.3, 0.4) is 0 Å². The molecule has 1 aromatic heterocycles. The van der Waals surface area contributed by atoms with E-state index in [0.29, 0.717) is 0 Å². The van der Waals surface area contributed by atoms with Gasteiger partial charge in [0.15, 0.2) is 0 Å². The Balaban J connectivity index is 2.87. The van der Waals surface area contributed by atoms with E-state index in [9.17, 15) is 4.79 Å². The first-order valence-corrected chi connectivity index (χ1v) is 5.37. The van der Waals surface area contributed by atoms with Crippen LogP contribution >= 0.6 is 0 Å². The maximum atomic E-state index is 11.3. The van der Waals surface area contributed by atoms with Crippen LogP contribution in [0.2, 0.25) is 0 Å². The van der Waals surface area contributed by atoms with Crippen molar-refractivity contribution in [2.45, 2.75) is 39.7 Å². The number of aromatic nitrogens is 3. The van der Waals surface area contributed by atoms with Crippen LogP contribution in [-0.4, -0.2) is 27.1 Å². The van der Waals surface area contributed by atoms with Crippen LogP contribution in [0.1, 0.15) is 32.2 Å². The molecule has 1 amide bonds. The Morgan fingerprint density at radius 3 is 2.44 bits per heavy atom. The van der Waals surface area contributed by atoms with E-state index in [1.54, 1.807) is 6.92 Å². The highest BCUT2D eigenvalue weighted by molar-refractivity contribution is 5.92. The molecule has 0 radical (unpaired) electrons. The van der Waals surface area contributed by atoms with Crippen LogP contribution in [0.25, 0.3) is 0 Å². The Labute approximate surface area is 94.7 Å². The normalized spacial score (nSPS) is 12.2. The van der Waals surface area contributed by atoms with Crippen molar-refractivity contribution in [2.24, 2.45) is 5.73 Å². The molecule has 1 rings (SSSR count). The summed E-state index contributed by atoms with van der Waals surface area (Å²) < 4.78 is 0. The van der Waals surface area contributed by atoms with Gasteiger partial charge in [-0.3, -0.25) is 10.1 Å². The standard InChI is InChI=1S/C10H17N5O/c1-4-7-8(5-2)14-15-10(12-7)13-9(16)6(3)11/h6H,4-5,11H2,1-3H3,(H,12,13,15,16)/t6-/m0/s1. The minimum absolute atomic E-state index is 0.219. The molecule has 1 aromatic rings. The first-order valence-electron chi connectivity index (χ1n) is 5.37. The van der Waals surface area contributed by atoms with Gasteiger partial charge in [0, 0.05) is 0 Å². The number of hydrogen-bond donors (Lipinski definition) is 2. The van der Waals surface area contributed by atoms with E-state index in [2.05, 4.69) is 20.5 Å². The van der Waals surface area contributed by atoms with E-state index >= 15 is 0 Å². The lowest BCUT2D eigenvalue weighted by molar-refractivity contribution is -0.117. The van der Waals surface area contributed by atoms with Crippen LogP contribution in [0.4, 0.5) is 5.95 Å². The predicted octanol–water partition coefficient (Wildman–Crippen LogP) is 0.282. The van der Waals surface area contributed by atoms with Crippen LogP contribution < -0.4 is 11.1 Å². The number of rotatable bonds is 4. The van der Waals surface area contributed by atoms with Gasteiger partial charge in [0.2, 0.25) is 11.9 Å². The number of aryl methyl sites for hydroxylation is 2. The van der Waals surface area contributed by atoms with Crippen molar-refractivity contribution in [3.63, 3.8) is 0 Å². The van der Waals surface area contributed by atoms with Gasteiger partial charge in [-0.25, -0.2) is 4.98 Å². The molecule has 0 spiro atoms. The molecule has 88 valence electrons. The van der Waals surface area contributed by atoms with Gasteiger partial charge in [-0.05, 0) is 19.8 Å². The largest absolute Gasteiger partial charge is 0.320 e. The van der Waals surface area contributed by atoms with Gasteiger partial charge in [0.05, 0.1) is 17.4 Å². The second-order valence-corrected chi connectivity index (χ2v) is 3.51. The zero-order chi connectivity index (χ0) is 12.1. The molecular weight excluding hydrogens is 206 g/mol. The Kier molecular flexibility index (Phi) is 4.30. The number of nitrogens with two attached hydrogens (primary N) is 1. The molecule has 6 nitrogen and oxygen atoms in total. The number of carbonyl (C=O) groups excluding carboxylic acids is 1. The zero-order valence-corrected chi connectivity index (χ0v) is 9.82. The summed E-state index contributed by atoms with van der Waals surface area (Å²) in [6.07, 6.45) is 1.55. The van der Waals surface area contributed by atoms with Crippen molar-refractivity contribution >= 4 is 11.9 Å². The molecule has 3 N–H and O–H groups in total. The fraction of sp³-hybridized carbons (Fsp3) is 0.600. The number of carbonyl (C=O) groups is 1. The number of anilines is 1. The molecule has 0 aliphatic carbocycles. The van der Waals surface area contributed by atoms with Gasteiger partial charge in [0.1, 0.15) is 0 Å². The minimum atomic E-state index is -0.584. The molecule has 0 saturated heterocycles. The van der Waals surface area contributed by atoms with Gasteiger partial charge >= 0.3 is 0 Å². The average Bonchev–Trinajstić information content (AvgIpc) is 2.28. The van der Waals surface area contributed by atoms with Crippen LogP contribution in [-0.2, 0) is 17.6 Å². The monoisotopic (exact) mass is 223 g/mol. The number of hydrogen-bond acceptors (Lipinski definition) is 5. The van der Waals surface area contributed by atoms with Crippen LogP contribution in [0.15, 0.2) is 0 Å². The van der Waals surface area contributed by atoms with Crippen molar-refractivity contribution in [1.29, 1.82) is 0 Å². The summed E-state index contributed by atoms with van der Waals surface area (Å²) in [4.78, 5) is 15.5. The van der Waals surface area contributed by atoms with Crippen molar-refractivity contribution in [3.05, 3.63) is 11.4 Å². The first kappa shape index (κ1) is 12.5. The molecule has 16 heavy (non-hydrogen) atoms. The van der Waals surface area contributed by atoms with Gasteiger partial charge in [-0.1, -0.05) is 13.8 Å². The smallest absolute Gasteiger partial charge is 0.249 e. The molecule has 0 aromatic carbocycles. The van der Waals surface area contributed by atoms with Gasteiger partial charge in [0.25, 0.3) is 0 Å². The highest BCUT2D eigenvalue weighted by Gasteiger charge is 2.11. The third-order valence-electron chi connectivity index (χ3n) is 2.16. The van der Waals surface area contributed by atoms with Crippen LogP contribution in [0, 0.1) is 0 Å². The minimum Gasteiger partial charge on any atom is -0.320 e. The summed E-state index contributed by atoms with van der Waals surface area (Å²) in [5.41, 5.74) is 7.14. The highest BCUT2D eigenvalue weighted by atomic mass is 16.2. The SMILES string of the molecule is CCc1nnc(NC(=O)[C@H](C)N)nc1CC. The summed E-state index contributed by atoms with van der Waals surface area (Å²) >= 11 is 0. The van der Waals surface area contributed by atoms with Gasteiger partial charge < -0.3 is 5.73 Å². The zero-order valence-electron chi connectivity index (χ0n) is 9.82. The molecule has 0 aliphatic heterocycles. The average molecular weight is 223 g/mol. The van der Waals surface area contributed by atoms with Crippen molar-refractivity contribution in [2.75, 3.05) is 5.32 Å². The summed E-state index contributed by atoms with van der Waals surface area (Å²) in [6, 6.07) is -0.584. The van der Waals surface area contributed by atoms with Crippen LogP contribution in [0.5, 0.6) is 0 Å². The predicted molar refractivity (Wildman–Crippen MR) is 60.9 cm³/mol. The van der Waals surface area contributed by atoms with Gasteiger partial charge in [-0.15, -0.1) is 10.2 Å². The lowest BCUT2D eigenvalue weighted by Gasteiger charge is -2.08. The molecule has 0 unspecified atom stereocenters. The Bertz CT molecular complexity index is 377. The van der Waals surface area contributed by atoms with Crippen molar-refractivity contribution in [3.8, 4) is 0 Å². The highest BCUT2D eigenvalue weighted by Crippen LogP contribution is 2.06. The number of amides is 1. The Hall–Kier alpha value is -1.56. The number of nitrogens with one attached hydrogen (secondary N) is 1. The summed E-state index contributed by atoms with van der Waals surface area (Å²) in [5, 5.41) is 10.4. The van der Waals surface area contributed by atoms with E-state index in [1.807, 2.05) is 13.8 Å². The third kappa shape index (κ3) is 2.96. The molecule has 0 aliphatic rings. The third-order valence-corrected chi connectivity index (χ3v) is 2.16. The summed E-state index contributed by atoms with van der Waals surface area (Å²) in [6.45, 7) is 5.58. The molecular formula is C10H17N5O. The van der Waals surface area contributed by atoms with E-state index < -0.39 is 6.04 Å². The summed E-state index contributed by atoms with van der Waals surface area (Å²) in [5.74, 6) is -0.0931. The van der Waals surface area contributed by atoms with E-state index in [0.717, 1.165) is 24.2 Å². The van der Waals surface area contributed by atoms with Gasteiger partial charge in [-0.2, -0.15) is 0 Å². The summed E-state index contributed by atoms with van der Waals surface area (Å²) in [7, 11) is 0. The van der Waals surface area contributed by atoms with E-state index in [1.165, 1.54) is 0 Å². The fourth-order valence-corrected chi connectivity index (χ4v) is 1.22. The van der Waals surface area contributed by atoms with Crippen molar-refractivity contribution < 1.29 is 4.79 Å². The fourth-order valence-electron chi connectivity index (χ4n) is 1.22. The second kappa shape index (κ2) is 5.50. The lowest BCUT2D eigenvalue weighted by Crippen LogP contribution is -2.33. The topological polar surface area (TPSA) is 93.8 Å². The van der Waals surface area contributed by atoms with E-state index in [-0.39, 0.29) is 11.9 Å². The molecule has 1 heterocycles.